The molecule has 0 spiro atoms. The number of hydrogen-bond donors (Lipinski definition) is 1. The van der Waals surface area contributed by atoms with E-state index in [1.807, 2.05) is 12.3 Å². The topological polar surface area (TPSA) is 57.7 Å². The molecule has 160 valence electrons. The van der Waals surface area contributed by atoms with Gasteiger partial charge in [-0.3, -0.25) is 9.78 Å². The molecule has 1 N–H and O–H groups in total. The highest BCUT2D eigenvalue weighted by atomic mass is 19.4. The van der Waals surface area contributed by atoms with Gasteiger partial charge in [0.1, 0.15) is 6.54 Å². The van der Waals surface area contributed by atoms with Gasteiger partial charge in [-0.15, -0.1) is 0 Å². The van der Waals surface area contributed by atoms with Gasteiger partial charge in [0.25, 0.3) is 5.91 Å². The number of fused-ring (bicyclic) bond motifs is 1. The third-order valence-corrected chi connectivity index (χ3v) is 5.36. The number of carbonyl (C=O) groups is 1. The summed E-state index contributed by atoms with van der Waals surface area (Å²) in [6, 6.07) is 5.55. The van der Waals surface area contributed by atoms with Gasteiger partial charge in [0.2, 0.25) is 0 Å². The van der Waals surface area contributed by atoms with Crippen LogP contribution in [0, 0.1) is 6.92 Å². The summed E-state index contributed by atoms with van der Waals surface area (Å²) in [4.78, 5) is 19.7. The maximum atomic E-state index is 12.8. The molecule has 4 rings (SSSR count). The minimum Gasteiger partial charge on any atom is -0.381 e. The monoisotopic (exact) mass is 420 g/mol. The summed E-state index contributed by atoms with van der Waals surface area (Å²) in [7, 11) is 0. The van der Waals surface area contributed by atoms with E-state index in [-0.39, 0.29) is 6.54 Å². The Hall–Kier alpha value is -2.81. The molecule has 6 nitrogen and oxygen atoms in total. The number of nitrogens with zero attached hydrogens (tertiary/aromatic N) is 3. The number of carbonyl (C=O) groups excluding carboxylic acids is 1. The molecule has 1 saturated heterocycles. The molecule has 2 aliphatic heterocycles. The Kier molecular flexibility index (Phi) is 5.55. The fraction of sp³-hybridized carbons (Fsp3) is 0.429. The normalized spacial score (nSPS) is 16.7. The number of rotatable bonds is 5. The molecule has 0 bridgehead atoms. The van der Waals surface area contributed by atoms with Crippen molar-refractivity contribution in [3.63, 3.8) is 0 Å². The van der Waals surface area contributed by atoms with Gasteiger partial charge < -0.3 is 19.9 Å². The van der Waals surface area contributed by atoms with Gasteiger partial charge in [-0.1, -0.05) is 0 Å². The Labute approximate surface area is 172 Å². The van der Waals surface area contributed by atoms with Crippen LogP contribution in [-0.4, -0.2) is 54.8 Å². The van der Waals surface area contributed by atoms with E-state index in [4.69, 9.17) is 4.74 Å². The lowest BCUT2D eigenvalue weighted by Crippen LogP contribution is -2.36. The van der Waals surface area contributed by atoms with E-state index < -0.39 is 18.6 Å². The maximum absolute atomic E-state index is 12.8. The number of alkyl halides is 3. The number of ether oxygens (including phenoxy) is 1. The van der Waals surface area contributed by atoms with E-state index in [1.54, 1.807) is 25.3 Å². The highest BCUT2D eigenvalue weighted by Gasteiger charge is 2.38. The van der Waals surface area contributed by atoms with Crippen molar-refractivity contribution in [2.24, 2.45) is 0 Å². The average molecular weight is 420 g/mol. The third kappa shape index (κ3) is 4.35. The zero-order valence-electron chi connectivity index (χ0n) is 16.6. The molecule has 3 heterocycles. The zero-order valence-corrected chi connectivity index (χ0v) is 16.6. The Balaban J connectivity index is 1.50. The largest absolute Gasteiger partial charge is 0.406 e. The third-order valence-electron chi connectivity index (χ3n) is 5.36. The molecule has 2 aromatic rings. The van der Waals surface area contributed by atoms with Crippen LogP contribution in [0.1, 0.15) is 27.0 Å². The average Bonchev–Trinajstić information content (AvgIpc) is 3.01. The van der Waals surface area contributed by atoms with Crippen molar-refractivity contribution in [1.82, 2.24) is 9.88 Å². The number of morpholine rings is 1. The van der Waals surface area contributed by atoms with Crippen LogP contribution in [-0.2, 0) is 17.8 Å². The number of pyridine rings is 1. The van der Waals surface area contributed by atoms with Crippen molar-refractivity contribution < 1.29 is 22.7 Å². The molecule has 0 unspecified atom stereocenters. The molecule has 9 heteroatoms. The van der Waals surface area contributed by atoms with E-state index in [9.17, 15) is 18.0 Å². The molecule has 0 saturated carbocycles. The molecular weight excluding hydrogens is 397 g/mol. The van der Waals surface area contributed by atoms with Crippen LogP contribution in [0.4, 0.5) is 24.5 Å². The number of aryl methyl sites for hydroxylation is 1. The number of hydrogen-bond acceptors (Lipinski definition) is 5. The molecule has 0 aliphatic carbocycles. The summed E-state index contributed by atoms with van der Waals surface area (Å²) < 4.78 is 43.7. The molecule has 1 aromatic heterocycles. The van der Waals surface area contributed by atoms with Gasteiger partial charge >= 0.3 is 6.18 Å². The number of nitrogens with one attached hydrogen (secondary N) is 1. The summed E-state index contributed by atoms with van der Waals surface area (Å²) in [6.45, 7) is 3.99. The number of anilines is 2. The van der Waals surface area contributed by atoms with E-state index in [0.717, 1.165) is 34.9 Å². The molecule has 1 amide bonds. The van der Waals surface area contributed by atoms with Crippen LogP contribution in [0.2, 0.25) is 0 Å². The first-order chi connectivity index (χ1) is 14.3. The summed E-state index contributed by atoms with van der Waals surface area (Å²) >= 11 is 0. The molecule has 1 fully saturated rings. The van der Waals surface area contributed by atoms with Crippen LogP contribution >= 0.6 is 0 Å². The van der Waals surface area contributed by atoms with Crippen molar-refractivity contribution in [3.05, 3.63) is 52.8 Å². The van der Waals surface area contributed by atoms with Gasteiger partial charge in [0.05, 0.1) is 13.2 Å². The first kappa shape index (κ1) is 20.5. The molecule has 1 aromatic carbocycles. The molecule has 30 heavy (non-hydrogen) atoms. The molecule has 0 atom stereocenters. The molecular formula is C21H23F3N4O2. The first-order valence-corrected chi connectivity index (χ1v) is 9.81. The summed E-state index contributed by atoms with van der Waals surface area (Å²) in [5.41, 5.74) is 4.54. The second-order valence-corrected chi connectivity index (χ2v) is 7.56. The summed E-state index contributed by atoms with van der Waals surface area (Å²) in [5, 5.41) is 3.34. The van der Waals surface area contributed by atoms with E-state index in [1.165, 1.54) is 0 Å². The van der Waals surface area contributed by atoms with Gasteiger partial charge in [0.15, 0.2) is 0 Å². The fourth-order valence-corrected chi connectivity index (χ4v) is 4.04. The highest BCUT2D eigenvalue weighted by Crippen LogP contribution is 2.32. The predicted molar refractivity (Wildman–Crippen MR) is 107 cm³/mol. The van der Waals surface area contributed by atoms with Crippen LogP contribution < -0.4 is 10.2 Å². The van der Waals surface area contributed by atoms with Gasteiger partial charge in [-0.25, -0.2) is 0 Å². The van der Waals surface area contributed by atoms with Crippen molar-refractivity contribution in [1.29, 1.82) is 0 Å². The van der Waals surface area contributed by atoms with Crippen molar-refractivity contribution in [2.75, 3.05) is 43.1 Å². The van der Waals surface area contributed by atoms with Crippen molar-refractivity contribution in [2.45, 2.75) is 26.2 Å². The van der Waals surface area contributed by atoms with E-state index in [0.29, 0.717) is 36.4 Å². The number of benzene rings is 1. The van der Waals surface area contributed by atoms with Crippen LogP contribution in [0.5, 0.6) is 0 Å². The van der Waals surface area contributed by atoms with Gasteiger partial charge in [-0.2, -0.15) is 13.2 Å². The Bertz CT molecular complexity index is 942. The molecule has 0 radical (unpaired) electrons. The lowest BCUT2D eigenvalue weighted by atomic mass is 10.0. The number of aromatic nitrogens is 1. The standard InChI is InChI=1S/C21H23F3N4O2/c1-14-8-17(9-15-12-28(13-21(22,23)24)20(29)19(14)15)26-11-16-10-25-3-2-18(16)27-4-6-30-7-5-27/h2-3,8-10,26H,4-7,11-13H2,1H3. The minimum absolute atomic E-state index is 0.0318. The van der Waals surface area contributed by atoms with Crippen molar-refractivity contribution in [3.8, 4) is 0 Å². The summed E-state index contributed by atoms with van der Waals surface area (Å²) in [5.74, 6) is -0.562. The fourth-order valence-electron chi connectivity index (χ4n) is 4.04. The SMILES string of the molecule is Cc1cc(NCc2cnccc2N2CCOCC2)cc2c1C(=O)N(CC(F)(F)F)C2. The van der Waals surface area contributed by atoms with Gasteiger partial charge in [0, 0.05) is 61.1 Å². The minimum atomic E-state index is -4.41. The second kappa shape index (κ2) is 8.14. The number of halogens is 3. The zero-order chi connectivity index (χ0) is 21.3. The highest BCUT2D eigenvalue weighted by molar-refractivity contribution is 6.00. The van der Waals surface area contributed by atoms with Crippen LogP contribution in [0.25, 0.3) is 0 Å². The Morgan fingerprint density at radius 1 is 1.23 bits per heavy atom. The Morgan fingerprint density at radius 2 is 2.00 bits per heavy atom. The second-order valence-electron chi connectivity index (χ2n) is 7.56. The van der Waals surface area contributed by atoms with E-state index >= 15 is 0 Å². The molecule has 2 aliphatic rings. The first-order valence-electron chi connectivity index (χ1n) is 9.81. The maximum Gasteiger partial charge on any atom is 0.406 e. The summed E-state index contributed by atoms with van der Waals surface area (Å²) in [6.07, 6.45) is -0.843. The van der Waals surface area contributed by atoms with E-state index in [2.05, 4.69) is 15.2 Å². The number of amides is 1. The Morgan fingerprint density at radius 3 is 2.73 bits per heavy atom. The van der Waals surface area contributed by atoms with Crippen LogP contribution in [0.15, 0.2) is 30.6 Å². The lowest BCUT2D eigenvalue weighted by Gasteiger charge is -2.30. The lowest BCUT2D eigenvalue weighted by molar-refractivity contribution is -0.140. The van der Waals surface area contributed by atoms with Gasteiger partial charge in [-0.05, 0) is 36.2 Å². The van der Waals surface area contributed by atoms with Crippen LogP contribution in [0.3, 0.4) is 0 Å². The quantitative estimate of drug-likeness (QED) is 0.804. The van der Waals surface area contributed by atoms with Crippen molar-refractivity contribution >= 4 is 17.3 Å². The predicted octanol–water partition coefficient (Wildman–Crippen LogP) is 3.36. The smallest absolute Gasteiger partial charge is 0.381 e.